The summed E-state index contributed by atoms with van der Waals surface area (Å²) in [5.41, 5.74) is 1.45. The first-order valence-corrected chi connectivity index (χ1v) is 9.16. The zero-order valence-electron chi connectivity index (χ0n) is 13.2. The zero-order chi connectivity index (χ0) is 18.0. The van der Waals surface area contributed by atoms with E-state index in [1.165, 1.54) is 25.2 Å². The van der Waals surface area contributed by atoms with Gasteiger partial charge in [0.25, 0.3) is 5.91 Å². The Morgan fingerprint density at radius 3 is 2.68 bits per heavy atom. The van der Waals surface area contributed by atoms with Crippen LogP contribution < -0.4 is 10.0 Å². The molecule has 0 saturated heterocycles. The van der Waals surface area contributed by atoms with E-state index >= 15 is 0 Å². The van der Waals surface area contributed by atoms with Gasteiger partial charge in [0.2, 0.25) is 10.0 Å². The molecule has 1 aromatic heterocycles. The Morgan fingerprint density at radius 2 is 1.92 bits per heavy atom. The molecule has 1 amide bonds. The van der Waals surface area contributed by atoms with E-state index in [1.54, 1.807) is 36.5 Å². The Labute approximate surface area is 149 Å². The van der Waals surface area contributed by atoms with Crippen molar-refractivity contribution in [3.63, 3.8) is 0 Å². The highest BCUT2D eigenvalue weighted by molar-refractivity contribution is 7.89. The number of fused-ring (bicyclic) bond motifs is 1. The van der Waals surface area contributed by atoms with Crippen molar-refractivity contribution in [2.75, 3.05) is 12.4 Å². The van der Waals surface area contributed by atoms with Gasteiger partial charge in [0.15, 0.2) is 0 Å². The van der Waals surface area contributed by atoms with Crippen molar-refractivity contribution in [2.24, 2.45) is 0 Å². The maximum atomic E-state index is 12.5. The summed E-state index contributed by atoms with van der Waals surface area (Å²) in [4.78, 5) is 16.8. The van der Waals surface area contributed by atoms with Gasteiger partial charge in [0.05, 0.1) is 16.1 Å². The molecule has 3 rings (SSSR count). The Bertz CT molecular complexity index is 1070. The number of hydrogen-bond donors (Lipinski definition) is 2. The molecule has 1 heterocycles. The molecule has 2 N–H and O–H groups in total. The van der Waals surface area contributed by atoms with Crippen LogP contribution in [-0.4, -0.2) is 26.4 Å². The smallest absolute Gasteiger partial charge is 0.255 e. The molecular formula is C17H14ClN3O3S. The summed E-state index contributed by atoms with van der Waals surface area (Å²) in [5.74, 6) is -0.421. The van der Waals surface area contributed by atoms with Crippen LogP contribution in [0.25, 0.3) is 10.9 Å². The summed E-state index contributed by atoms with van der Waals surface area (Å²) in [6.07, 6.45) is 1.57. The van der Waals surface area contributed by atoms with Crippen LogP contribution in [0.1, 0.15) is 10.4 Å². The van der Waals surface area contributed by atoms with E-state index in [9.17, 15) is 13.2 Å². The number of sulfonamides is 1. The van der Waals surface area contributed by atoms with Crippen molar-refractivity contribution in [3.8, 4) is 0 Å². The molecule has 0 spiro atoms. The predicted molar refractivity (Wildman–Crippen MR) is 97.4 cm³/mol. The molecular weight excluding hydrogens is 362 g/mol. The van der Waals surface area contributed by atoms with Gasteiger partial charge in [-0.25, -0.2) is 13.1 Å². The van der Waals surface area contributed by atoms with Gasteiger partial charge in [-0.2, -0.15) is 0 Å². The van der Waals surface area contributed by atoms with Gasteiger partial charge in [0.1, 0.15) is 0 Å². The van der Waals surface area contributed by atoms with Gasteiger partial charge in [-0.3, -0.25) is 9.78 Å². The molecule has 0 aliphatic heterocycles. The molecule has 0 bridgehead atoms. The van der Waals surface area contributed by atoms with Crippen molar-refractivity contribution in [3.05, 3.63) is 65.3 Å². The normalized spacial score (nSPS) is 11.4. The molecule has 8 heteroatoms. The first-order chi connectivity index (χ1) is 11.9. The maximum Gasteiger partial charge on any atom is 0.255 e. The standard InChI is InChI=1S/C17H14ClN3O3S/c1-19-25(23,24)13-4-2-3-11(9-13)17(22)21-15-7-8-20-16-10-12(18)5-6-14(15)16/h2-10,19H,1H3,(H,20,21,22). The maximum absolute atomic E-state index is 12.5. The molecule has 0 saturated carbocycles. The lowest BCUT2D eigenvalue weighted by molar-refractivity contribution is 0.102. The second kappa shape index (κ2) is 6.79. The number of hydrogen-bond acceptors (Lipinski definition) is 4. The lowest BCUT2D eigenvalue weighted by atomic mass is 10.1. The predicted octanol–water partition coefficient (Wildman–Crippen LogP) is 3.05. The Kier molecular flexibility index (Phi) is 4.71. The second-order valence-corrected chi connectivity index (χ2v) is 7.53. The van der Waals surface area contributed by atoms with Crippen LogP contribution in [0.15, 0.2) is 59.6 Å². The number of anilines is 1. The fourth-order valence-electron chi connectivity index (χ4n) is 2.35. The van der Waals surface area contributed by atoms with Gasteiger partial charge in [-0.15, -0.1) is 0 Å². The minimum absolute atomic E-state index is 0.0222. The number of carbonyl (C=O) groups is 1. The van der Waals surface area contributed by atoms with Crippen LogP contribution >= 0.6 is 11.6 Å². The number of carbonyl (C=O) groups excluding carboxylic acids is 1. The topological polar surface area (TPSA) is 88.2 Å². The van der Waals surface area contributed by atoms with E-state index in [0.29, 0.717) is 16.2 Å². The SMILES string of the molecule is CNS(=O)(=O)c1cccc(C(=O)Nc2ccnc3cc(Cl)ccc23)c1. The lowest BCUT2D eigenvalue weighted by Crippen LogP contribution is -2.19. The average molecular weight is 376 g/mol. The Morgan fingerprint density at radius 1 is 1.12 bits per heavy atom. The van der Waals surface area contributed by atoms with E-state index in [0.717, 1.165) is 5.39 Å². The Balaban J connectivity index is 1.95. The van der Waals surface area contributed by atoms with E-state index in [2.05, 4.69) is 15.0 Å². The summed E-state index contributed by atoms with van der Waals surface area (Å²) in [7, 11) is -2.31. The third-order valence-electron chi connectivity index (χ3n) is 3.63. The largest absolute Gasteiger partial charge is 0.321 e. The molecule has 25 heavy (non-hydrogen) atoms. The summed E-state index contributed by atoms with van der Waals surface area (Å²) in [6, 6.07) is 12.7. The molecule has 128 valence electrons. The third kappa shape index (κ3) is 3.63. The number of halogens is 1. The van der Waals surface area contributed by atoms with Gasteiger partial charge < -0.3 is 5.32 Å². The van der Waals surface area contributed by atoms with Crippen LogP contribution in [0, 0.1) is 0 Å². The highest BCUT2D eigenvalue weighted by atomic mass is 35.5. The van der Waals surface area contributed by atoms with E-state index < -0.39 is 15.9 Å². The minimum Gasteiger partial charge on any atom is -0.321 e. The van der Waals surface area contributed by atoms with Crippen LogP contribution in [0.2, 0.25) is 5.02 Å². The number of nitrogens with one attached hydrogen (secondary N) is 2. The molecule has 0 atom stereocenters. The number of amides is 1. The first kappa shape index (κ1) is 17.3. The molecule has 2 aromatic carbocycles. The number of benzene rings is 2. The number of aromatic nitrogens is 1. The monoisotopic (exact) mass is 375 g/mol. The van der Waals surface area contributed by atoms with Crippen LogP contribution in [-0.2, 0) is 10.0 Å². The summed E-state index contributed by atoms with van der Waals surface area (Å²) < 4.78 is 26.0. The second-order valence-electron chi connectivity index (χ2n) is 5.21. The first-order valence-electron chi connectivity index (χ1n) is 7.30. The summed E-state index contributed by atoms with van der Waals surface area (Å²) in [6.45, 7) is 0. The van der Waals surface area contributed by atoms with Gasteiger partial charge >= 0.3 is 0 Å². The highest BCUT2D eigenvalue weighted by Crippen LogP contribution is 2.25. The average Bonchev–Trinajstić information content (AvgIpc) is 2.61. The van der Waals surface area contributed by atoms with E-state index in [-0.39, 0.29) is 10.5 Å². The lowest BCUT2D eigenvalue weighted by Gasteiger charge is -2.09. The molecule has 0 fully saturated rings. The van der Waals surface area contributed by atoms with Gasteiger partial charge in [0, 0.05) is 22.2 Å². The minimum atomic E-state index is -3.62. The van der Waals surface area contributed by atoms with Gasteiger partial charge in [-0.05, 0) is 49.5 Å². The summed E-state index contributed by atoms with van der Waals surface area (Å²) in [5, 5.41) is 4.07. The quantitative estimate of drug-likeness (QED) is 0.733. The van der Waals surface area contributed by atoms with Crippen molar-refractivity contribution in [2.45, 2.75) is 4.90 Å². The number of pyridine rings is 1. The Hall–Kier alpha value is -2.48. The molecule has 3 aromatic rings. The van der Waals surface area contributed by atoms with E-state index in [4.69, 9.17) is 11.6 Å². The van der Waals surface area contributed by atoms with Crippen LogP contribution in [0.3, 0.4) is 0 Å². The van der Waals surface area contributed by atoms with Crippen molar-refractivity contribution >= 4 is 44.1 Å². The molecule has 0 aliphatic carbocycles. The molecule has 0 aliphatic rings. The summed E-state index contributed by atoms with van der Waals surface area (Å²) >= 11 is 5.96. The van der Waals surface area contributed by atoms with E-state index in [1.807, 2.05) is 0 Å². The molecule has 0 unspecified atom stereocenters. The number of nitrogens with zero attached hydrogens (tertiary/aromatic N) is 1. The van der Waals surface area contributed by atoms with Crippen molar-refractivity contribution in [1.29, 1.82) is 0 Å². The molecule has 0 radical (unpaired) electrons. The third-order valence-corrected chi connectivity index (χ3v) is 5.28. The highest BCUT2D eigenvalue weighted by Gasteiger charge is 2.15. The zero-order valence-corrected chi connectivity index (χ0v) is 14.7. The van der Waals surface area contributed by atoms with Crippen molar-refractivity contribution < 1.29 is 13.2 Å². The van der Waals surface area contributed by atoms with Crippen LogP contribution in [0.5, 0.6) is 0 Å². The molecule has 6 nitrogen and oxygen atoms in total. The number of rotatable bonds is 4. The van der Waals surface area contributed by atoms with Gasteiger partial charge in [-0.1, -0.05) is 17.7 Å². The van der Waals surface area contributed by atoms with Crippen LogP contribution in [0.4, 0.5) is 5.69 Å². The fourth-order valence-corrected chi connectivity index (χ4v) is 3.29. The fraction of sp³-hybridized carbons (Fsp3) is 0.0588. The van der Waals surface area contributed by atoms with Crippen molar-refractivity contribution in [1.82, 2.24) is 9.71 Å².